The smallest absolute Gasteiger partial charge is 0.253 e. The van der Waals surface area contributed by atoms with Gasteiger partial charge < -0.3 is 14.6 Å². The molecule has 1 amide bonds. The SMILES string of the molecule is C=CCNC(=O)c1cc(C)n(-c2ccc(OC)cc2)c1C. The highest BCUT2D eigenvalue weighted by Gasteiger charge is 2.16. The summed E-state index contributed by atoms with van der Waals surface area (Å²) in [5.74, 6) is 0.730. The third kappa shape index (κ3) is 2.99. The minimum absolute atomic E-state index is 0.0808. The number of aryl methyl sites for hydroxylation is 1. The average molecular weight is 284 g/mol. The number of methoxy groups -OCH3 is 1. The number of hydrogen-bond donors (Lipinski definition) is 1. The standard InChI is InChI=1S/C17H20N2O2/c1-5-10-18-17(20)16-11-12(2)19(13(16)3)14-6-8-15(21-4)9-7-14/h5-9,11H,1,10H2,2-4H3,(H,18,20). The molecular formula is C17H20N2O2. The second-order valence-electron chi connectivity index (χ2n) is 4.82. The molecule has 2 aromatic rings. The topological polar surface area (TPSA) is 43.3 Å². The van der Waals surface area contributed by atoms with Gasteiger partial charge in [-0.3, -0.25) is 4.79 Å². The van der Waals surface area contributed by atoms with Gasteiger partial charge in [0.05, 0.1) is 12.7 Å². The van der Waals surface area contributed by atoms with Crippen LogP contribution >= 0.6 is 0 Å². The fourth-order valence-corrected chi connectivity index (χ4v) is 2.38. The Kier molecular flexibility index (Phi) is 4.48. The molecule has 1 N–H and O–H groups in total. The van der Waals surface area contributed by atoms with Gasteiger partial charge in [0.25, 0.3) is 5.91 Å². The van der Waals surface area contributed by atoms with Gasteiger partial charge in [-0.1, -0.05) is 6.08 Å². The van der Waals surface area contributed by atoms with E-state index in [1.165, 1.54) is 0 Å². The quantitative estimate of drug-likeness (QED) is 0.858. The highest BCUT2D eigenvalue weighted by molar-refractivity contribution is 5.96. The molecule has 0 bridgehead atoms. The molecule has 0 saturated heterocycles. The van der Waals surface area contributed by atoms with E-state index in [2.05, 4.69) is 16.5 Å². The lowest BCUT2D eigenvalue weighted by Gasteiger charge is -2.10. The largest absolute Gasteiger partial charge is 0.497 e. The summed E-state index contributed by atoms with van der Waals surface area (Å²) in [7, 11) is 1.64. The monoisotopic (exact) mass is 284 g/mol. The minimum atomic E-state index is -0.0808. The highest BCUT2D eigenvalue weighted by atomic mass is 16.5. The first kappa shape index (κ1) is 14.9. The molecule has 0 saturated carbocycles. The molecule has 2 rings (SSSR count). The summed E-state index contributed by atoms with van der Waals surface area (Å²) in [5.41, 5.74) is 3.62. The molecule has 0 aliphatic rings. The zero-order valence-corrected chi connectivity index (χ0v) is 12.6. The number of carbonyl (C=O) groups excluding carboxylic acids is 1. The first-order valence-corrected chi connectivity index (χ1v) is 6.81. The van der Waals surface area contributed by atoms with E-state index in [9.17, 15) is 4.79 Å². The number of hydrogen-bond acceptors (Lipinski definition) is 2. The van der Waals surface area contributed by atoms with Crippen molar-refractivity contribution < 1.29 is 9.53 Å². The van der Waals surface area contributed by atoms with Crippen molar-refractivity contribution in [3.05, 3.63) is 59.9 Å². The van der Waals surface area contributed by atoms with E-state index in [1.54, 1.807) is 13.2 Å². The van der Waals surface area contributed by atoms with Gasteiger partial charge in [0.2, 0.25) is 0 Å². The molecule has 0 aliphatic heterocycles. The van der Waals surface area contributed by atoms with Gasteiger partial charge in [-0.05, 0) is 44.2 Å². The number of benzene rings is 1. The Morgan fingerprint density at radius 2 is 2.00 bits per heavy atom. The van der Waals surface area contributed by atoms with Gasteiger partial charge >= 0.3 is 0 Å². The number of nitrogens with one attached hydrogen (secondary N) is 1. The number of nitrogens with zero attached hydrogens (tertiary/aromatic N) is 1. The molecule has 110 valence electrons. The van der Waals surface area contributed by atoms with E-state index in [-0.39, 0.29) is 5.91 Å². The zero-order valence-electron chi connectivity index (χ0n) is 12.6. The molecule has 0 atom stereocenters. The van der Waals surface area contributed by atoms with Gasteiger partial charge in [-0.15, -0.1) is 6.58 Å². The Balaban J connectivity index is 2.38. The van der Waals surface area contributed by atoms with Crippen molar-refractivity contribution in [2.75, 3.05) is 13.7 Å². The predicted molar refractivity (Wildman–Crippen MR) is 84.3 cm³/mol. The van der Waals surface area contributed by atoms with Crippen LogP contribution in [0.15, 0.2) is 43.0 Å². The van der Waals surface area contributed by atoms with E-state index in [4.69, 9.17) is 4.74 Å². The molecule has 1 aromatic heterocycles. The van der Waals surface area contributed by atoms with E-state index in [0.29, 0.717) is 12.1 Å². The van der Waals surface area contributed by atoms with Crippen LogP contribution in [-0.2, 0) is 0 Å². The maximum atomic E-state index is 12.1. The van der Waals surface area contributed by atoms with Crippen LogP contribution in [0.25, 0.3) is 5.69 Å². The van der Waals surface area contributed by atoms with Crippen LogP contribution in [0.5, 0.6) is 5.75 Å². The first-order chi connectivity index (χ1) is 10.1. The first-order valence-electron chi connectivity index (χ1n) is 6.81. The van der Waals surface area contributed by atoms with Gasteiger partial charge in [-0.25, -0.2) is 0 Å². The van der Waals surface area contributed by atoms with Crippen molar-refractivity contribution in [2.24, 2.45) is 0 Å². The van der Waals surface area contributed by atoms with Crippen LogP contribution in [0.2, 0.25) is 0 Å². The van der Waals surface area contributed by atoms with Crippen LogP contribution in [0.1, 0.15) is 21.7 Å². The van der Waals surface area contributed by atoms with Gasteiger partial charge in [0.1, 0.15) is 5.75 Å². The Bertz CT molecular complexity index is 654. The van der Waals surface area contributed by atoms with Crippen LogP contribution in [0.4, 0.5) is 0 Å². The molecule has 0 unspecified atom stereocenters. The van der Waals surface area contributed by atoms with Crippen molar-refractivity contribution in [2.45, 2.75) is 13.8 Å². The highest BCUT2D eigenvalue weighted by Crippen LogP contribution is 2.22. The van der Waals surface area contributed by atoms with E-state index >= 15 is 0 Å². The van der Waals surface area contributed by atoms with Crippen LogP contribution < -0.4 is 10.1 Å². The van der Waals surface area contributed by atoms with Crippen LogP contribution in [0.3, 0.4) is 0 Å². The lowest BCUT2D eigenvalue weighted by atomic mass is 10.2. The number of aromatic nitrogens is 1. The van der Waals surface area contributed by atoms with E-state index in [0.717, 1.165) is 22.8 Å². The van der Waals surface area contributed by atoms with Crippen LogP contribution in [0, 0.1) is 13.8 Å². The molecular weight excluding hydrogens is 264 g/mol. The van der Waals surface area contributed by atoms with Crippen LogP contribution in [-0.4, -0.2) is 24.1 Å². The summed E-state index contributed by atoms with van der Waals surface area (Å²) in [4.78, 5) is 12.1. The van der Waals surface area contributed by atoms with E-state index in [1.807, 2.05) is 44.2 Å². The van der Waals surface area contributed by atoms with Gasteiger partial charge in [0, 0.05) is 23.6 Å². The molecule has 0 fully saturated rings. The minimum Gasteiger partial charge on any atom is -0.497 e. The lowest BCUT2D eigenvalue weighted by Crippen LogP contribution is -2.23. The number of ether oxygens (including phenoxy) is 1. The molecule has 1 heterocycles. The van der Waals surface area contributed by atoms with Crippen molar-refractivity contribution in [1.29, 1.82) is 0 Å². The third-order valence-corrected chi connectivity index (χ3v) is 3.41. The summed E-state index contributed by atoms with van der Waals surface area (Å²) in [5, 5.41) is 2.81. The second-order valence-corrected chi connectivity index (χ2v) is 4.82. The molecule has 21 heavy (non-hydrogen) atoms. The maximum Gasteiger partial charge on any atom is 0.253 e. The summed E-state index contributed by atoms with van der Waals surface area (Å²) < 4.78 is 7.23. The van der Waals surface area contributed by atoms with E-state index < -0.39 is 0 Å². The fourth-order valence-electron chi connectivity index (χ4n) is 2.38. The average Bonchev–Trinajstić information content (AvgIpc) is 2.80. The molecule has 1 aromatic carbocycles. The number of rotatable bonds is 5. The zero-order chi connectivity index (χ0) is 15.4. The summed E-state index contributed by atoms with van der Waals surface area (Å²) >= 11 is 0. The molecule has 4 nitrogen and oxygen atoms in total. The Labute approximate surface area is 125 Å². The Morgan fingerprint density at radius 1 is 1.33 bits per heavy atom. The van der Waals surface area contributed by atoms with Crippen molar-refractivity contribution >= 4 is 5.91 Å². The fraction of sp³-hybridized carbons (Fsp3) is 0.235. The third-order valence-electron chi connectivity index (χ3n) is 3.41. The molecule has 0 spiro atoms. The van der Waals surface area contributed by atoms with Gasteiger partial charge in [0.15, 0.2) is 0 Å². The number of carbonyl (C=O) groups is 1. The summed E-state index contributed by atoms with van der Waals surface area (Å²) in [6.45, 7) is 8.00. The van der Waals surface area contributed by atoms with Crippen molar-refractivity contribution in [3.63, 3.8) is 0 Å². The molecule has 0 radical (unpaired) electrons. The van der Waals surface area contributed by atoms with Crippen molar-refractivity contribution in [1.82, 2.24) is 9.88 Å². The Hall–Kier alpha value is -2.49. The predicted octanol–water partition coefficient (Wildman–Crippen LogP) is 3.02. The summed E-state index contributed by atoms with van der Waals surface area (Å²) in [6.07, 6.45) is 1.67. The lowest BCUT2D eigenvalue weighted by molar-refractivity contribution is 0.0957. The maximum absolute atomic E-state index is 12.1. The van der Waals surface area contributed by atoms with Crippen molar-refractivity contribution in [3.8, 4) is 11.4 Å². The Morgan fingerprint density at radius 3 is 2.57 bits per heavy atom. The van der Waals surface area contributed by atoms with Gasteiger partial charge in [-0.2, -0.15) is 0 Å². The molecule has 0 aliphatic carbocycles. The summed E-state index contributed by atoms with van der Waals surface area (Å²) in [6, 6.07) is 9.67. The normalized spacial score (nSPS) is 10.2. The second kappa shape index (κ2) is 6.31. The number of amides is 1. The molecule has 4 heteroatoms.